The van der Waals surface area contributed by atoms with Crippen molar-refractivity contribution in [1.82, 2.24) is 5.32 Å². The highest BCUT2D eigenvalue weighted by molar-refractivity contribution is 8.00. The monoisotopic (exact) mass is 198 g/mol. The van der Waals surface area contributed by atoms with E-state index in [-0.39, 0.29) is 6.04 Å². The maximum atomic E-state index is 8.76. The molecule has 74 valence electrons. The fourth-order valence-corrected chi connectivity index (χ4v) is 2.85. The first-order valence-electron chi connectivity index (χ1n) is 4.97. The lowest BCUT2D eigenvalue weighted by Gasteiger charge is -2.24. The smallest absolute Gasteiger partial charge is 0.0950 e. The van der Waals surface area contributed by atoms with Gasteiger partial charge in [0.2, 0.25) is 0 Å². The first-order valence-corrected chi connectivity index (χ1v) is 5.96. The molecule has 0 radical (unpaired) electrons. The summed E-state index contributed by atoms with van der Waals surface area (Å²) in [5.74, 6) is 1.28. The lowest BCUT2D eigenvalue weighted by atomic mass is 10.1. The number of nitrogens with zero attached hydrogens (tertiary/aromatic N) is 1. The molecule has 0 aromatic carbocycles. The second-order valence-electron chi connectivity index (χ2n) is 3.87. The molecule has 1 fully saturated rings. The van der Waals surface area contributed by atoms with Crippen LogP contribution in [0.25, 0.3) is 0 Å². The van der Waals surface area contributed by atoms with E-state index in [2.05, 4.69) is 18.3 Å². The van der Waals surface area contributed by atoms with Crippen LogP contribution in [0.2, 0.25) is 0 Å². The Bertz CT molecular complexity index is 192. The molecule has 0 bridgehead atoms. The summed E-state index contributed by atoms with van der Waals surface area (Å²) in [6.45, 7) is 5.32. The van der Waals surface area contributed by atoms with Crippen LogP contribution in [-0.4, -0.2) is 23.1 Å². The van der Waals surface area contributed by atoms with Gasteiger partial charge >= 0.3 is 0 Å². The van der Waals surface area contributed by atoms with E-state index in [4.69, 9.17) is 5.26 Å². The van der Waals surface area contributed by atoms with Gasteiger partial charge in [-0.25, -0.2) is 0 Å². The zero-order valence-corrected chi connectivity index (χ0v) is 9.28. The van der Waals surface area contributed by atoms with E-state index in [1.165, 1.54) is 18.6 Å². The second-order valence-corrected chi connectivity index (χ2v) is 5.56. The van der Waals surface area contributed by atoms with E-state index >= 15 is 0 Å². The van der Waals surface area contributed by atoms with Crippen molar-refractivity contribution in [1.29, 1.82) is 5.26 Å². The fraction of sp³-hybridized carbons (Fsp3) is 0.900. The molecule has 1 N–H and O–H groups in total. The van der Waals surface area contributed by atoms with E-state index < -0.39 is 0 Å². The van der Waals surface area contributed by atoms with Gasteiger partial charge in [0.05, 0.1) is 12.1 Å². The van der Waals surface area contributed by atoms with Gasteiger partial charge in [-0.2, -0.15) is 17.0 Å². The van der Waals surface area contributed by atoms with Gasteiger partial charge in [0.25, 0.3) is 0 Å². The molecule has 3 heteroatoms. The molecule has 1 saturated heterocycles. The van der Waals surface area contributed by atoms with Crippen molar-refractivity contribution in [3.63, 3.8) is 0 Å². The Kier molecular flexibility index (Phi) is 4.08. The molecule has 0 aromatic heterocycles. The van der Waals surface area contributed by atoms with Crippen molar-refractivity contribution >= 4 is 11.8 Å². The van der Waals surface area contributed by atoms with Crippen LogP contribution in [0.1, 0.15) is 33.1 Å². The Morgan fingerprint density at radius 3 is 2.92 bits per heavy atom. The molecule has 0 saturated carbocycles. The average Bonchev–Trinajstić information content (AvgIpc) is 2.55. The van der Waals surface area contributed by atoms with Crippen LogP contribution in [0.5, 0.6) is 0 Å². The predicted molar refractivity (Wildman–Crippen MR) is 57.8 cm³/mol. The molecule has 0 aromatic rings. The summed E-state index contributed by atoms with van der Waals surface area (Å²) in [5, 5.41) is 12.1. The largest absolute Gasteiger partial charge is 0.301 e. The van der Waals surface area contributed by atoms with Crippen LogP contribution in [0.3, 0.4) is 0 Å². The van der Waals surface area contributed by atoms with Crippen molar-refractivity contribution in [2.75, 3.05) is 12.3 Å². The SMILES string of the molecule is CCC(C#N)NCC1(C)CCCS1. The summed E-state index contributed by atoms with van der Waals surface area (Å²) in [6, 6.07) is 2.31. The third-order valence-electron chi connectivity index (χ3n) is 2.59. The Morgan fingerprint density at radius 2 is 2.46 bits per heavy atom. The molecule has 2 atom stereocenters. The van der Waals surface area contributed by atoms with Crippen molar-refractivity contribution in [3.05, 3.63) is 0 Å². The number of thioether (sulfide) groups is 1. The molecule has 1 aliphatic rings. The lowest BCUT2D eigenvalue weighted by molar-refractivity contribution is 0.500. The Hall–Kier alpha value is -0.200. The minimum absolute atomic E-state index is 0.0398. The van der Waals surface area contributed by atoms with Gasteiger partial charge < -0.3 is 5.32 Å². The molecule has 1 heterocycles. The van der Waals surface area contributed by atoms with Crippen molar-refractivity contribution in [2.24, 2.45) is 0 Å². The highest BCUT2D eigenvalue weighted by Gasteiger charge is 2.29. The summed E-state index contributed by atoms with van der Waals surface area (Å²) in [6.07, 6.45) is 3.51. The van der Waals surface area contributed by atoms with Crippen LogP contribution in [0, 0.1) is 11.3 Å². The Labute approximate surface area is 85.1 Å². The fourth-order valence-electron chi connectivity index (χ4n) is 1.60. The van der Waals surface area contributed by atoms with Gasteiger partial charge in [0, 0.05) is 11.3 Å². The van der Waals surface area contributed by atoms with Crippen LogP contribution in [0.15, 0.2) is 0 Å². The molecular weight excluding hydrogens is 180 g/mol. The minimum atomic E-state index is 0.0398. The van der Waals surface area contributed by atoms with Crippen LogP contribution >= 0.6 is 11.8 Å². The summed E-state index contributed by atoms with van der Waals surface area (Å²) in [5.41, 5.74) is 0. The summed E-state index contributed by atoms with van der Waals surface area (Å²) in [7, 11) is 0. The van der Waals surface area contributed by atoms with Crippen molar-refractivity contribution in [2.45, 2.75) is 43.9 Å². The van der Waals surface area contributed by atoms with Gasteiger partial charge in [-0.15, -0.1) is 0 Å². The van der Waals surface area contributed by atoms with Gasteiger partial charge in [-0.05, 0) is 31.9 Å². The first-order chi connectivity index (χ1) is 6.20. The topological polar surface area (TPSA) is 35.8 Å². The highest BCUT2D eigenvalue weighted by Crippen LogP contribution is 2.36. The number of hydrogen-bond acceptors (Lipinski definition) is 3. The van der Waals surface area contributed by atoms with Crippen LogP contribution < -0.4 is 5.32 Å². The van der Waals surface area contributed by atoms with E-state index in [0.717, 1.165) is 13.0 Å². The van der Waals surface area contributed by atoms with Gasteiger partial charge in [-0.1, -0.05) is 6.92 Å². The molecule has 13 heavy (non-hydrogen) atoms. The van der Waals surface area contributed by atoms with E-state index in [1.807, 2.05) is 18.7 Å². The normalized spacial score (nSPS) is 29.9. The molecular formula is C10H18N2S. The van der Waals surface area contributed by atoms with E-state index in [0.29, 0.717) is 4.75 Å². The molecule has 2 unspecified atom stereocenters. The minimum Gasteiger partial charge on any atom is -0.301 e. The van der Waals surface area contributed by atoms with Gasteiger partial charge in [-0.3, -0.25) is 0 Å². The third kappa shape index (κ3) is 3.21. The van der Waals surface area contributed by atoms with E-state index in [1.54, 1.807) is 0 Å². The van der Waals surface area contributed by atoms with Gasteiger partial charge in [0.1, 0.15) is 0 Å². The zero-order chi connectivity index (χ0) is 9.73. The number of nitriles is 1. The van der Waals surface area contributed by atoms with Crippen molar-refractivity contribution < 1.29 is 0 Å². The maximum absolute atomic E-state index is 8.76. The molecule has 1 rings (SSSR count). The average molecular weight is 198 g/mol. The van der Waals surface area contributed by atoms with Crippen LogP contribution in [-0.2, 0) is 0 Å². The van der Waals surface area contributed by atoms with Crippen molar-refractivity contribution in [3.8, 4) is 6.07 Å². The maximum Gasteiger partial charge on any atom is 0.0950 e. The summed E-state index contributed by atoms with van der Waals surface area (Å²) < 4.78 is 0.379. The number of rotatable bonds is 4. The summed E-state index contributed by atoms with van der Waals surface area (Å²) >= 11 is 2.04. The highest BCUT2D eigenvalue weighted by atomic mass is 32.2. The quantitative estimate of drug-likeness (QED) is 0.752. The molecule has 2 nitrogen and oxygen atoms in total. The molecule has 0 amide bonds. The standard InChI is InChI=1S/C10H18N2S/c1-3-9(7-11)12-8-10(2)5-4-6-13-10/h9,12H,3-6,8H2,1-2H3. The Morgan fingerprint density at radius 1 is 1.69 bits per heavy atom. The third-order valence-corrected chi connectivity index (χ3v) is 4.13. The predicted octanol–water partition coefficient (Wildman–Crippen LogP) is 2.16. The molecule has 1 aliphatic heterocycles. The molecule has 0 spiro atoms. The van der Waals surface area contributed by atoms with Gasteiger partial charge in [0.15, 0.2) is 0 Å². The second kappa shape index (κ2) is 4.88. The Balaban J connectivity index is 2.28. The van der Waals surface area contributed by atoms with E-state index in [9.17, 15) is 0 Å². The van der Waals surface area contributed by atoms with Crippen LogP contribution in [0.4, 0.5) is 0 Å². The zero-order valence-electron chi connectivity index (χ0n) is 8.47. The molecule has 0 aliphatic carbocycles. The summed E-state index contributed by atoms with van der Waals surface area (Å²) in [4.78, 5) is 0. The lowest BCUT2D eigenvalue weighted by Crippen LogP contribution is -2.38. The first kappa shape index (κ1) is 10.9. The number of hydrogen-bond donors (Lipinski definition) is 1. The number of nitrogens with one attached hydrogen (secondary N) is 1.